The quantitative estimate of drug-likeness (QED) is 0.566. The fourth-order valence-electron chi connectivity index (χ4n) is 1.29. The van der Waals surface area contributed by atoms with E-state index in [9.17, 15) is 4.79 Å². The average molecular weight is 158 g/mol. The lowest BCUT2D eigenvalue weighted by molar-refractivity contribution is -0.118. The van der Waals surface area contributed by atoms with E-state index in [-0.39, 0.29) is 18.4 Å². The summed E-state index contributed by atoms with van der Waals surface area (Å²) in [6.07, 6.45) is 1.22. The maximum atomic E-state index is 10.5. The highest BCUT2D eigenvalue weighted by Crippen LogP contribution is 2.16. The highest BCUT2D eigenvalue weighted by molar-refractivity contribution is 5.74. The van der Waals surface area contributed by atoms with Gasteiger partial charge in [0.1, 0.15) is 0 Å². The number of rotatable bonds is 3. The van der Waals surface area contributed by atoms with Gasteiger partial charge in [-0.1, -0.05) is 0 Å². The van der Waals surface area contributed by atoms with Crippen molar-refractivity contribution >= 4 is 5.91 Å². The fraction of sp³-hybridized carbons (Fsp3) is 0.857. The summed E-state index contributed by atoms with van der Waals surface area (Å²) in [4.78, 5) is 10.5. The first-order chi connectivity index (χ1) is 5.20. The topological polar surface area (TPSA) is 78.3 Å². The van der Waals surface area contributed by atoms with E-state index in [1.807, 2.05) is 0 Å². The number of carbonyl (C=O) groups is 1. The summed E-state index contributed by atoms with van der Waals surface area (Å²) in [5.41, 5.74) is 10.7. The van der Waals surface area contributed by atoms with Crippen LogP contribution in [0.1, 0.15) is 12.8 Å². The zero-order valence-electron chi connectivity index (χ0n) is 6.45. The van der Waals surface area contributed by atoms with Gasteiger partial charge < -0.3 is 16.2 Å². The second-order valence-corrected chi connectivity index (χ2v) is 2.96. The Kier molecular flexibility index (Phi) is 2.84. The van der Waals surface area contributed by atoms with E-state index in [1.54, 1.807) is 0 Å². The van der Waals surface area contributed by atoms with Crippen LogP contribution in [-0.4, -0.2) is 25.2 Å². The first kappa shape index (κ1) is 8.49. The molecule has 0 radical (unpaired) electrons. The lowest BCUT2D eigenvalue weighted by Gasteiger charge is -2.14. The molecule has 0 aromatic heterocycles. The lowest BCUT2D eigenvalue weighted by Crippen LogP contribution is -2.34. The summed E-state index contributed by atoms with van der Waals surface area (Å²) >= 11 is 0. The molecule has 0 bridgehead atoms. The number of nitrogens with two attached hydrogens (primary N) is 2. The molecule has 4 heteroatoms. The van der Waals surface area contributed by atoms with E-state index in [1.165, 1.54) is 0 Å². The van der Waals surface area contributed by atoms with Crippen LogP contribution in [0.15, 0.2) is 0 Å². The summed E-state index contributed by atoms with van der Waals surface area (Å²) in [5, 5.41) is 0. The molecule has 0 aromatic carbocycles. The van der Waals surface area contributed by atoms with Gasteiger partial charge in [-0.3, -0.25) is 4.79 Å². The minimum Gasteiger partial charge on any atom is -0.381 e. The van der Waals surface area contributed by atoms with E-state index in [0.29, 0.717) is 12.5 Å². The Bertz CT molecular complexity index is 143. The molecule has 4 N–H and O–H groups in total. The predicted octanol–water partition coefficient (Wildman–Crippen LogP) is -0.774. The van der Waals surface area contributed by atoms with Crippen LogP contribution >= 0.6 is 0 Å². The standard InChI is InChI=1S/C7H14N2O2/c8-6(3-7(9)10)5-1-2-11-4-5/h5-6H,1-4,8H2,(H2,9,10)/t5?,6-/m1/s1. The average Bonchev–Trinajstić information content (AvgIpc) is 2.35. The maximum absolute atomic E-state index is 10.5. The summed E-state index contributed by atoms with van der Waals surface area (Å²) in [6, 6.07) is -0.116. The van der Waals surface area contributed by atoms with Gasteiger partial charge in [0.25, 0.3) is 0 Å². The molecule has 1 unspecified atom stereocenters. The fourth-order valence-corrected chi connectivity index (χ4v) is 1.29. The highest BCUT2D eigenvalue weighted by Gasteiger charge is 2.23. The second-order valence-electron chi connectivity index (χ2n) is 2.96. The molecule has 1 amide bonds. The van der Waals surface area contributed by atoms with E-state index < -0.39 is 0 Å². The third-order valence-electron chi connectivity index (χ3n) is 2.01. The molecule has 1 rings (SSSR count). The SMILES string of the molecule is NC(=O)C[C@@H](N)C1CCOC1. The normalized spacial score (nSPS) is 26.8. The molecule has 11 heavy (non-hydrogen) atoms. The summed E-state index contributed by atoms with van der Waals surface area (Å²) in [6.45, 7) is 1.44. The molecule has 1 heterocycles. The Morgan fingerprint density at radius 2 is 2.45 bits per heavy atom. The molecule has 1 aliphatic heterocycles. The Hall–Kier alpha value is -0.610. The Balaban J connectivity index is 2.28. The van der Waals surface area contributed by atoms with Crippen molar-refractivity contribution in [3.8, 4) is 0 Å². The van der Waals surface area contributed by atoms with Gasteiger partial charge in [0.2, 0.25) is 5.91 Å². The molecular formula is C7H14N2O2. The third-order valence-corrected chi connectivity index (χ3v) is 2.01. The molecule has 1 aliphatic rings. The van der Waals surface area contributed by atoms with Gasteiger partial charge in [0.05, 0.1) is 6.61 Å². The van der Waals surface area contributed by atoms with Gasteiger partial charge in [-0.05, 0) is 6.42 Å². The Morgan fingerprint density at radius 1 is 1.73 bits per heavy atom. The zero-order chi connectivity index (χ0) is 8.27. The number of hydrogen-bond donors (Lipinski definition) is 2. The second kappa shape index (κ2) is 3.69. The van der Waals surface area contributed by atoms with Gasteiger partial charge in [-0.15, -0.1) is 0 Å². The number of amides is 1. The molecule has 0 aromatic rings. The first-order valence-corrected chi connectivity index (χ1v) is 3.82. The van der Waals surface area contributed by atoms with E-state index >= 15 is 0 Å². The van der Waals surface area contributed by atoms with Crippen molar-refractivity contribution in [1.82, 2.24) is 0 Å². The number of primary amides is 1. The number of carbonyl (C=O) groups excluding carboxylic acids is 1. The molecule has 4 nitrogen and oxygen atoms in total. The smallest absolute Gasteiger partial charge is 0.218 e. The minimum absolute atomic E-state index is 0.116. The molecular weight excluding hydrogens is 144 g/mol. The van der Waals surface area contributed by atoms with Crippen molar-refractivity contribution < 1.29 is 9.53 Å². The first-order valence-electron chi connectivity index (χ1n) is 3.82. The van der Waals surface area contributed by atoms with Crippen LogP contribution in [0.2, 0.25) is 0 Å². The molecule has 0 saturated carbocycles. The van der Waals surface area contributed by atoms with E-state index in [0.717, 1.165) is 13.0 Å². The molecule has 1 fully saturated rings. The van der Waals surface area contributed by atoms with Crippen molar-refractivity contribution in [2.75, 3.05) is 13.2 Å². The molecule has 0 spiro atoms. The van der Waals surface area contributed by atoms with Crippen molar-refractivity contribution in [2.24, 2.45) is 17.4 Å². The van der Waals surface area contributed by atoms with Crippen LogP contribution in [0.3, 0.4) is 0 Å². The van der Waals surface area contributed by atoms with Crippen molar-refractivity contribution in [3.63, 3.8) is 0 Å². The van der Waals surface area contributed by atoms with Crippen molar-refractivity contribution in [2.45, 2.75) is 18.9 Å². The lowest BCUT2D eigenvalue weighted by atomic mass is 9.97. The molecule has 64 valence electrons. The van der Waals surface area contributed by atoms with Crippen LogP contribution in [0, 0.1) is 5.92 Å². The summed E-state index contributed by atoms with van der Waals surface area (Å²) in [5.74, 6) is -0.00750. The van der Waals surface area contributed by atoms with Gasteiger partial charge in [0, 0.05) is 25.0 Å². The van der Waals surface area contributed by atoms with Gasteiger partial charge in [-0.2, -0.15) is 0 Å². The van der Waals surface area contributed by atoms with Gasteiger partial charge in [-0.25, -0.2) is 0 Å². The predicted molar refractivity (Wildman–Crippen MR) is 40.7 cm³/mol. The van der Waals surface area contributed by atoms with Crippen LogP contribution in [0.25, 0.3) is 0 Å². The molecule has 1 saturated heterocycles. The van der Waals surface area contributed by atoms with Crippen molar-refractivity contribution in [3.05, 3.63) is 0 Å². The number of ether oxygens (including phenoxy) is 1. The largest absolute Gasteiger partial charge is 0.381 e. The Morgan fingerprint density at radius 3 is 2.91 bits per heavy atom. The van der Waals surface area contributed by atoms with Crippen molar-refractivity contribution in [1.29, 1.82) is 0 Å². The zero-order valence-corrected chi connectivity index (χ0v) is 6.45. The van der Waals surface area contributed by atoms with Crippen LogP contribution in [-0.2, 0) is 9.53 Å². The summed E-state index contributed by atoms with van der Waals surface area (Å²) in [7, 11) is 0. The van der Waals surface area contributed by atoms with Crippen LogP contribution in [0.4, 0.5) is 0 Å². The van der Waals surface area contributed by atoms with Crippen LogP contribution < -0.4 is 11.5 Å². The van der Waals surface area contributed by atoms with Crippen LogP contribution in [0.5, 0.6) is 0 Å². The highest BCUT2D eigenvalue weighted by atomic mass is 16.5. The van der Waals surface area contributed by atoms with E-state index in [4.69, 9.17) is 16.2 Å². The van der Waals surface area contributed by atoms with Gasteiger partial charge >= 0.3 is 0 Å². The molecule has 0 aliphatic carbocycles. The summed E-state index contributed by atoms with van der Waals surface area (Å²) < 4.78 is 5.13. The number of hydrogen-bond acceptors (Lipinski definition) is 3. The van der Waals surface area contributed by atoms with E-state index in [2.05, 4.69) is 0 Å². The monoisotopic (exact) mass is 158 g/mol. The molecule has 2 atom stereocenters. The minimum atomic E-state index is -0.329. The maximum Gasteiger partial charge on any atom is 0.218 e. The third kappa shape index (κ3) is 2.48. The van der Waals surface area contributed by atoms with Gasteiger partial charge in [0.15, 0.2) is 0 Å². The Labute approximate surface area is 65.9 Å².